The van der Waals surface area contributed by atoms with Gasteiger partial charge >= 0.3 is 5.97 Å². The van der Waals surface area contributed by atoms with Crippen molar-refractivity contribution in [3.63, 3.8) is 0 Å². The molecule has 0 aromatic carbocycles. The maximum Gasteiger partial charge on any atom is 0.308 e. The molecule has 0 heterocycles. The van der Waals surface area contributed by atoms with Crippen LogP contribution >= 0.6 is 11.8 Å². The molecule has 0 aliphatic carbocycles. The molecule has 3 N–H and O–H groups in total. The molecule has 0 aliphatic rings. The van der Waals surface area contributed by atoms with Crippen LogP contribution in [-0.4, -0.2) is 42.3 Å². The van der Waals surface area contributed by atoms with Gasteiger partial charge in [-0.15, -0.1) is 0 Å². The summed E-state index contributed by atoms with van der Waals surface area (Å²) in [7, 11) is 1.29. The fraction of sp³-hybridized carbons (Fsp3) is 0.875. The summed E-state index contributed by atoms with van der Waals surface area (Å²) in [5.74, 6) is 0.464. The molecular weight excluding hydrogens is 190 g/mol. The Morgan fingerprint density at radius 3 is 2.77 bits per heavy atom. The number of aliphatic hydroxyl groups is 1. The van der Waals surface area contributed by atoms with Gasteiger partial charge in [-0.3, -0.25) is 4.79 Å². The van der Waals surface area contributed by atoms with Crippen LogP contribution in [0.3, 0.4) is 0 Å². The van der Waals surface area contributed by atoms with E-state index in [9.17, 15) is 9.90 Å². The highest BCUT2D eigenvalue weighted by atomic mass is 32.2. The molecule has 0 aromatic heterocycles. The number of esters is 1. The lowest BCUT2D eigenvalue weighted by Gasteiger charge is -2.16. The zero-order valence-electron chi connectivity index (χ0n) is 8.03. The number of nitrogens with two attached hydrogens (primary N) is 1. The Bertz CT molecular complexity index is 154. The number of carbonyl (C=O) groups excluding carboxylic acids is 1. The van der Waals surface area contributed by atoms with Gasteiger partial charge in [-0.05, 0) is 18.4 Å². The molecule has 0 rings (SSSR count). The standard InChI is InChI=1S/C8H17NO3S/c1-12-8(11)5-7(10)6(9)3-4-13-2/h6-7,10H,3-5,9H2,1-2H3/t6-,7-/m0/s1. The average Bonchev–Trinajstić information content (AvgIpc) is 2.13. The van der Waals surface area contributed by atoms with Crippen LogP contribution < -0.4 is 5.73 Å². The van der Waals surface area contributed by atoms with Gasteiger partial charge in [0.1, 0.15) is 0 Å². The Labute approximate surface area is 82.8 Å². The van der Waals surface area contributed by atoms with E-state index >= 15 is 0 Å². The van der Waals surface area contributed by atoms with Gasteiger partial charge in [-0.1, -0.05) is 0 Å². The molecule has 0 spiro atoms. The Balaban J connectivity index is 3.68. The van der Waals surface area contributed by atoms with Crippen LogP contribution in [0.25, 0.3) is 0 Å². The summed E-state index contributed by atoms with van der Waals surface area (Å²) in [6.07, 6.45) is 1.87. The predicted molar refractivity (Wildman–Crippen MR) is 53.6 cm³/mol. The van der Waals surface area contributed by atoms with Crippen molar-refractivity contribution in [1.29, 1.82) is 0 Å². The van der Waals surface area contributed by atoms with Crippen LogP contribution in [0.5, 0.6) is 0 Å². The number of hydrogen-bond acceptors (Lipinski definition) is 5. The van der Waals surface area contributed by atoms with E-state index in [0.717, 1.165) is 5.75 Å². The zero-order valence-corrected chi connectivity index (χ0v) is 8.84. The molecule has 0 saturated heterocycles. The number of rotatable bonds is 6. The monoisotopic (exact) mass is 207 g/mol. The number of methoxy groups -OCH3 is 1. The predicted octanol–water partition coefficient (Wildman–Crippen LogP) is -0.00920. The van der Waals surface area contributed by atoms with Crippen molar-refractivity contribution in [2.75, 3.05) is 19.1 Å². The number of thioether (sulfide) groups is 1. The third-order valence-electron chi connectivity index (χ3n) is 1.75. The summed E-state index contributed by atoms with van der Waals surface area (Å²) in [4.78, 5) is 10.8. The molecule has 0 fully saturated rings. The Morgan fingerprint density at radius 1 is 1.69 bits per heavy atom. The van der Waals surface area contributed by atoms with Gasteiger partial charge in [0.15, 0.2) is 0 Å². The summed E-state index contributed by atoms with van der Waals surface area (Å²) in [5, 5.41) is 9.41. The Morgan fingerprint density at radius 2 is 2.31 bits per heavy atom. The van der Waals surface area contributed by atoms with Gasteiger partial charge in [0.2, 0.25) is 0 Å². The van der Waals surface area contributed by atoms with Gasteiger partial charge in [0.05, 0.1) is 19.6 Å². The molecule has 0 unspecified atom stereocenters. The highest BCUT2D eigenvalue weighted by Gasteiger charge is 2.18. The molecule has 0 aliphatic heterocycles. The van der Waals surface area contributed by atoms with Crippen molar-refractivity contribution in [1.82, 2.24) is 0 Å². The second kappa shape index (κ2) is 7.17. The van der Waals surface area contributed by atoms with E-state index in [1.165, 1.54) is 7.11 Å². The number of aliphatic hydroxyl groups excluding tert-OH is 1. The summed E-state index contributed by atoms with van der Waals surface area (Å²) >= 11 is 1.66. The number of hydrogen-bond donors (Lipinski definition) is 2. The minimum atomic E-state index is -0.792. The Hall–Kier alpha value is -0.260. The smallest absolute Gasteiger partial charge is 0.308 e. The fourth-order valence-corrected chi connectivity index (χ4v) is 1.36. The maximum absolute atomic E-state index is 10.8. The van der Waals surface area contributed by atoms with E-state index < -0.39 is 12.1 Å². The first-order chi connectivity index (χ1) is 6.11. The third kappa shape index (κ3) is 5.90. The van der Waals surface area contributed by atoms with Crippen molar-refractivity contribution >= 4 is 17.7 Å². The van der Waals surface area contributed by atoms with Gasteiger partial charge in [0, 0.05) is 6.04 Å². The summed E-state index contributed by atoms with van der Waals surface area (Å²) in [6.45, 7) is 0. The van der Waals surface area contributed by atoms with Gasteiger partial charge in [-0.2, -0.15) is 11.8 Å². The van der Waals surface area contributed by atoms with Crippen LogP contribution in [0, 0.1) is 0 Å². The lowest BCUT2D eigenvalue weighted by Crippen LogP contribution is -2.36. The van der Waals surface area contributed by atoms with Crippen molar-refractivity contribution in [2.24, 2.45) is 5.73 Å². The van der Waals surface area contributed by atoms with Crippen molar-refractivity contribution < 1.29 is 14.6 Å². The van der Waals surface area contributed by atoms with Crippen molar-refractivity contribution in [2.45, 2.75) is 25.0 Å². The van der Waals surface area contributed by atoms with E-state index in [1.54, 1.807) is 11.8 Å². The first kappa shape index (κ1) is 12.7. The maximum atomic E-state index is 10.8. The quantitative estimate of drug-likeness (QED) is 0.599. The molecule has 0 radical (unpaired) electrons. The number of carbonyl (C=O) groups is 1. The average molecular weight is 207 g/mol. The molecule has 0 saturated carbocycles. The topological polar surface area (TPSA) is 72.5 Å². The van der Waals surface area contributed by atoms with Crippen molar-refractivity contribution in [3.05, 3.63) is 0 Å². The number of ether oxygens (including phenoxy) is 1. The zero-order chi connectivity index (χ0) is 10.3. The molecule has 0 bridgehead atoms. The molecular formula is C8H17NO3S. The summed E-state index contributed by atoms with van der Waals surface area (Å²) < 4.78 is 4.42. The van der Waals surface area contributed by atoms with Crippen LogP contribution in [0.15, 0.2) is 0 Å². The van der Waals surface area contributed by atoms with Crippen LogP contribution in [0.2, 0.25) is 0 Å². The highest BCUT2D eigenvalue weighted by molar-refractivity contribution is 7.98. The lowest BCUT2D eigenvalue weighted by molar-refractivity contribution is -0.143. The first-order valence-corrected chi connectivity index (χ1v) is 5.50. The summed E-state index contributed by atoms with van der Waals surface area (Å²) in [5.41, 5.74) is 5.64. The first-order valence-electron chi connectivity index (χ1n) is 4.11. The molecule has 13 heavy (non-hydrogen) atoms. The minimum absolute atomic E-state index is 0.0218. The summed E-state index contributed by atoms with van der Waals surface area (Å²) in [6, 6.07) is -0.341. The SMILES string of the molecule is COC(=O)C[C@H](O)[C@@H](N)CCSC. The molecule has 5 heteroatoms. The lowest BCUT2D eigenvalue weighted by atomic mass is 10.1. The Kier molecular flexibility index (Phi) is 7.03. The fourth-order valence-electron chi connectivity index (χ4n) is 0.852. The van der Waals surface area contributed by atoms with E-state index in [2.05, 4.69) is 4.74 Å². The van der Waals surface area contributed by atoms with E-state index in [4.69, 9.17) is 5.73 Å². The van der Waals surface area contributed by atoms with E-state index in [-0.39, 0.29) is 12.5 Å². The highest BCUT2D eigenvalue weighted by Crippen LogP contribution is 2.05. The van der Waals surface area contributed by atoms with Crippen LogP contribution in [0.1, 0.15) is 12.8 Å². The van der Waals surface area contributed by atoms with Crippen molar-refractivity contribution in [3.8, 4) is 0 Å². The second-order valence-electron chi connectivity index (χ2n) is 2.79. The third-order valence-corrected chi connectivity index (χ3v) is 2.40. The van der Waals surface area contributed by atoms with Crippen LogP contribution in [-0.2, 0) is 9.53 Å². The molecule has 0 amide bonds. The van der Waals surface area contributed by atoms with Gasteiger partial charge < -0.3 is 15.6 Å². The normalized spacial score (nSPS) is 15.1. The molecule has 2 atom stereocenters. The minimum Gasteiger partial charge on any atom is -0.469 e. The second-order valence-corrected chi connectivity index (χ2v) is 3.78. The molecule has 4 nitrogen and oxygen atoms in total. The van der Waals surface area contributed by atoms with E-state index in [1.807, 2.05) is 6.26 Å². The molecule has 0 aromatic rings. The molecule has 78 valence electrons. The largest absolute Gasteiger partial charge is 0.469 e. The van der Waals surface area contributed by atoms with Crippen LogP contribution in [0.4, 0.5) is 0 Å². The van der Waals surface area contributed by atoms with Gasteiger partial charge in [0.25, 0.3) is 0 Å². The van der Waals surface area contributed by atoms with Gasteiger partial charge in [-0.25, -0.2) is 0 Å². The van der Waals surface area contributed by atoms with E-state index in [0.29, 0.717) is 6.42 Å².